The summed E-state index contributed by atoms with van der Waals surface area (Å²) in [6.45, 7) is 8.14. The molecule has 112 valence electrons. The number of ether oxygens (including phenoxy) is 1. The van der Waals surface area contributed by atoms with Gasteiger partial charge in [0, 0.05) is 26.2 Å². The molecule has 1 aromatic rings. The molecule has 1 saturated heterocycles. The van der Waals surface area contributed by atoms with Crippen LogP contribution in [-0.2, 0) is 22.6 Å². The Morgan fingerprint density at radius 2 is 2.40 bits per heavy atom. The first-order chi connectivity index (χ1) is 9.76. The molecule has 2 rings (SSSR count). The Bertz CT molecular complexity index is 434. The number of esters is 1. The molecule has 0 radical (unpaired) electrons. The van der Waals surface area contributed by atoms with Crippen LogP contribution in [0.3, 0.4) is 0 Å². The lowest BCUT2D eigenvalue weighted by Gasteiger charge is -2.34. The zero-order valence-electron chi connectivity index (χ0n) is 12.2. The van der Waals surface area contributed by atoms with Gasteiger partial charge in [-0.15, -0.1) is 0 Å². The number of nitrogens with zero attached hydrogens (tertiary/aromatic N) is 4. The van der Waals surface area contributed by atoms with E-state index in [0.717, 1.165) is 31.9 Å². The minimum Gasteiger partial charge on any atom is -0.465 e. The lowest BCUT2D eigenvalue weighted by atomic mass is 10.2. The SMILES string of the molecule is CCCn1ncnc1CN1CCNCC1C(=O)OCC. The van der Waals surface area contributed by atoms with Crippen molar-refractivity contribution in [2.45, 2.75) is 39.4 Å². The normalized spacial score (nSPS) is 20.0. The Morgan fingerprint density at radius 3 is 3.15 bits per heavy atom. The molecule has 1 aromatic heterocycles. The average molecular weight is 281 g/mol. The maximum Gasteiger partial charge on any atom is 0.324 e. The molecule has 2 heterocycles. The molecule has 20 heavy (non-hydrogen) atoms. The predicted molar refractivity (Wildman–Crippen MR) is 74.0 cm³/mol. The van der Waals surface area contributed by atoms with Gasteiger partial charge in [-0.3, -0.25) is 9.69 Å². The lowest BCUT2D eigenvalue weighted by molar-refractivity contribution is -0.150. The van der Waals surface area contributed by atoms with E-state index in [2.05, 4.69) is 27.2 Å². The molecular weight excluding hydrogens is 258 g/mol. The van der Waals surface area contributed by atoms with E-state index in [9.17, 15) is 4.79 Å². The second-order valence-electron chi connectivity index (χ2n) is 4.84. The monoisotopic (exact) mass is 281 g/mol. The third-order valence-electron chi connectivity index (χ3n) is 3.39. The average Bonchev–Trinajstić information content (AvgIpc) is 2.87. The Labute approximate surface area is 119 Å². The molecule has 7 heteroatoms. The van der Waals surface area contributed by atoms with Crippen molar-refractivity contribution in [3.05, 3.63) is 12.2 Å². The molecule has 0 aromatic carbocycles. The molecule has 1 N–H and O–H groups in total. The van der Waals surface area contributed by atoms with Crippen LogP contribution in [0.4, 0.5) is 0 Å². The zero-order valence-corrected chi connectivity index (χ0v) is 12.2. The number of aryl methyl sites for hydroxylation is 1. The highest BCUT2D eigenvalue weighted by atomic mass is 16.5. The third-order valence-corrected chi connectivity index (χ3v) is 3.39. The van der Waals surface area contributed by atoms with Crippen LogP contribution < -0.4 is 5.32 Å². The highest BCUT2D eigenvalue weighted by molar-refractivity contribution is 5.76. The van der Waals surface area contributed by atoms with E-state index in [0.29, 0.717) is 19.7 Å². The van der Waals surface area contributed by atoms with Crippen LogP contribution in [0.5, 0.6) is 0 Å². The number of aromatic nitrogens is 3. The third kappa shape index (κ3) is 3.55. The maximum absolute atomic E-state index is 12.0. The molecule has 1 atom stereocenters. The second-order valence-corrected chi connectivity index (χ2v) is 4.84. The van der Waals surface area contributed by atoms with Gasteiger partial charge >= 0.3 is 5.97 Å². The number of hydrogen-bond donors (Lipinski definition) is 1. The summed E-state index contributed by atoms with van der Waals surface area (Å²) in [5, 5.41) is 7.46. The first-order valence-electron chi connectivity index (χ1n) is 7.24. The minimum absolute atomic E-state index is 0.166. The van der Waals surface area contributed by atoms with Crippen molar-refractivity contribution < 1.29 is 9.53 Å². The molecule has 1 aliphatic rings. The number of carbonyl (C=O) groups is 1. The van der Waals surface area contributed by atoms with Crippen molar-refractivity contribution in [3.63, 3.8) is 0 Å². The van der Waals surface area contributed by atoms with Crippen molar-refractivity contribution in [2.75, 3.05) is 26.2 Å². The molecule has 1 fully saturated rings. The van der Waals surface area contributed by atoms with E-state index in [1.165, 1.54) is 0 Å². The number of rotatable bonds is 6. The Kier molecular flexibility index (Phi) is 5.49. The van der Waals surface area contributed by atoms with Gasteiger partial charge in [0.15, 0.2) is 0 Å². The fourth-order valence-corrected chi connectivity index (χ4v) is 2.40. The first-order valence-corrected chi connectivity index (χ1v) is 7.24. The molecule has 7 nitrogen and oxygen atoms in total. The first kappa shape index (κ1) is 14.9. The number of nitrogens with one attached hydrogen (secondary N) is 1. The standard InChI is InChI=1S/C13H23N5O2/c1-3-6-18-12(15-10-16-18)9-17-7-5-14-8-11(17)13(19)20-4-2/h10-11,14H,3-9H2,1-2H3. The summed E-state index contributed by atoms with van der Waals surface area (Å²) < 4.78 is 7.05. The molecule has 0 aliphatic carbocycles. The zero-order chi connectivity index (χ0) is 14.4. The van der Waals surface area contributed by atoms with Crippen molar-refractivity contribution in [2.24, 2.45) is 0 Å². The Morgan fingerprint density at radius 1 is 1.55 bits per heavy atom. The number of hydrogen-bond acceptors (Lipinski definition) is 6. The summed E-state index contributed by atoms with van der Waals surface area (Å²) in [5.41, 5.74) is 0. The molecule has 0 amide bonds. The van der Waals surface area contributed by atoms with E-state index >= 15 is 0 Å². The molecule has 0 spiro atoms. The van der Waals surface area contributed by atoms with Crippen LogP contribution in [0.2, 0.25) is 0 Å². The van der Waals surface area contributed by atoms with Gasteiger partial charge in [0.1, 0.15) is 18.2 Å². The van der Waals surface area contributed by atoms with Crippen LogP contribution in [0.25, 0.3) is 0 Å². The summed E-state index contributed by atoms with van der Waals surface area (Å²) in [4.78, 5) is 18.4. The molecular formula is C13H23N5O2. The van der Waals surface area contributed by atoms with Crippen LogP contribution in [0.1, 0.15) is 26.1 Å². The topological polar surface area (TPSA) is 72.3 Å². The van der Waals surface area contributed by atoms with Gasteiger partial charge in [0.05, 0.1) is 13.2 Å². The van der Waals surface area contributed by atoms with Gasteiger partial charge < -0.3 is 10.1 Å². The summed E-state index contributed by atoms with van der Waals surface area (Å²) in [5.74, 6) is 0.740. The van der Waals surface area contributed by atoms with Gasteiger partial charge in [-0.2, -0.15) is 5.10 Å². The highest BCUT2D eigenvalue weighted by Gasteiger charge is 2.30. The summed E-state index contributed by atoms with van der Waals surface area (Å²) in [7, 11) is 0. The molecule has 1 aliphatic heterocycles. The van der Waals surface area contributed by atoms with Crippen LogP contribution in [0, 0.1) is 0 Å². The quantitative estimate of drug-likeness (QED) is 0.742. The maximum atomic E-state index is 12.0. The summed E-state index contributed by atoms with van der Waals surface area (Å²) >= 11 is 0. The molecule has 0 bridgehead atoms. The minimum atomic E-state index is -0.240. The van der Waals surface area contributed by atoms with Crippen LogP contribution in [-0.4, -0.2) is 57.9 Å². The van der Waals surface area contributed by atoms with E-state index in [4.69, 9.17) is 4.74 Å². The van der Waals surface area contributed by atoms with Gasteiger partial charge in [-0.1, -0.05) is 6.92 Å². The van der Waals surface area contributed by atoms with Crippen molar-refractivity contribution >= 4 is 5.97 Å². The van der Waals surface area contributed by atoms with Crippen molar-refractivity contribution in [1.29, 1.82) is 0 Å². The van der Waals surface area contributed by atoms with Crippen molar-refractivity contribution in [1.82, 2.24) is 25.0 Å². The predicted octanol–water partition coefficient (Wildman–Crippen LogP) is 0.0250. The fraction of sp³-hybridized carbons (Fsp3) is 0.769. The van der Waals surface area contributed by atoms with Crippen molar-refractivity contribution in [3.8, 4) is 0 Å². The smallest absolute Gasteiger partial charge is 0.324 e. The van der Waals surface area contributed by atoms with E-state index < -0.39 is 0 Å². The molecule has 0 saturated carbocycles. The van der Waals surface area contributed by atoms with E-state index in [1.807, 2.05) is 11.6 Å². The Balaban J connectivity index is 2.04. The summed E-state index contributed by atoms with van der Waals surface area (Å²) in [6.07, 6.45) is 2.59. The number of piperazine rings is 1. The van der Waals surface area contributed by atoms with Gasteiger partial charge in [-0.05, 0) is 13.3 Å². The fourth-order valence-electron chi connectivity index (χ4n) is 2.40. The lowest BCUT2D eigenvalue weighted by Crippen LogP contribution is -2.55. The summed E-state index contributed by atoms with van der Waals surface area (Å²) in [6, 6.07) is -0.240. The van der Waals surface area contributed by atoms with E-state index in [1.54, 1.807) is 6.33 Å². The highest BCUT2D eigenvalue weighted by Crippen LogP contribution is 2.10. The van der Waals surface area contributed by atoms with Crippen LogP contribution >= 0.6 is 0 Å². The van der Waals surface area contributed by atoms with Crippen LogP contribution in [0.15, 0.2) is 6.33 Å². The second kappa shape index (κ2) is 7.35. The van der Waals surface area contributed by atoms with Gasteiger partial charge in [-0.25, -0.2) is 9.67 Å². The van der Waals surface area contributed by atoms with E-state index in [-0.39, 0.29) is 12.0 Å². The molecule has 1 unspecified atom stereocenters. The number of carbonyl (C=O) groups excluding carboxylic acids is 1. The largest absolute Gasteiger partial charge is 0.465 e. The van der Waals surface area contributed by atoms with Gasteiger partial charge in [0.25, 0.3) is 0 Å². The Hall–Kier alpha value is -1.47. The van der Waals surface area contributed by atoms with Gasteiger partial charge in [0.2, 0.25) is 0 Å².